The van der Waals surface area contributed by atoms with E-state index < -0.39 is 5.91 Å². The summed E-state index contributed by atoms with van der Waals surface area (Å²) in [5, 5.41) is 9.91. The summed E-state index contributed by atoms with van der Waals surface area (Å²) < 4.78 is 0. The van der Waals surface area contributed by atoms with Crippen molar-refractivity contribution in [1.29, 1.82) is 0 Å². The predicted octanol–water partition coefficient (Wildman–Crippen LogP) is 3.76. The number of hydrogen-bond acceptors (Lipinski definition) is 5. The van der Waals surface area contributed by atoms with Gasteiger partial charge in [0.25, 0.3) is 5.91 Å². The third-order valence-corrected chi connectivity index (χ3v) is 5.37. The number of amides is 1. The van der Waals surface area contributed by atoms with Crippen LogP contribution in [0.4, 0.5) is 11.4 Å². The second-order valence-electron chi connectivity index (χ2n) is 7.35. The van der Waals surface area contributed by atoms with Crippen molar-refractivity contribution in [1.82, 2.24) is 10.5 Å². The zero-order valence-electron chi connectivity index (χ0n) is 16.1. The molecule has 1 aliphatic heterocycles. The number of anilines is 2. The van der Waals surface area contributed by atoms with Crippen molar-refractivity contribution >= 4 is 28.2 Å². The lowest BCUT2D eigenvalue weighted by atomic mass is 10.1. The van der Waals surface area contributed by atoms with E-state index in [0.717, 1.165) is 47.4 Å². The maximum absolute atomic E-state index is 11.5. The van der Waals surface area contributed by atoms with Crippen LogP contribution in [0.2, 0.25) is 0 Å². The minimum absolute atomic E-state index is 0.218. The van der Waals surface area contributed by atoms with Gasteiger partial charge in [-0.05, 0) is 61.4 Å². The molecule has 1 aromatic heterocycles. The number of carbonyl (C=O) groups is 1. The average molecular weight is 376 g/mol. The van der Waals surface area contributed by atoms with E-state index >= 15 is 0 Å². The molecule has 3 aromatic rings. The van der Waals surface area contributed by atoms with Gasteiger partial charge in [0, 0.05) is 43.0 Å². The summed E-state index contributed by atoms with van der Waals surface area (Å²) in [4.78, 5) is 20.9. The van der Waals surface area contributed by atoms with Gasteiger partial charge in [0.15, 0.2) is 0 Å². The van der Waals surface area contributed by atoms with Gasteiger partial charge in [-0.25, -0.2) is 5.48 Å². The van der Waals surface area contributed by atoms with Crippen LogP contribution in [0.15, 0.2) is 54.6 Å². The van der Waals surface area contributed by atoms with Crippen molar-refractivity contribution in [3.8, 4) is 0 Å². The molecule has 0 radical (unpaired) electrons. The van der Waals surface area contributed by atoms with Gasteiger partial charge >= 0.3 is 0 Å². The lowest BCUT2D eigenvalue weighted by Crippen LogP contribution is -2.23. The molecule has 1 unspecified atom stereocenters. The second-order valence-corrected chi connectivity index (χ2v) is 7.35. The highest BCUT2D eigenvalue weighted by Crippen LogP contribution is 2.36. The number of nitrogens with one attached hydrogen (secondary N) is 1. The van der Waals surface area contributed by atoms with E-state index in [4.69, 9.17) is 10.2 Å². The van der Waals surface area contributed by atoms with Crippen LogP contribution < -0.4 is 15.3 Å². The van der Waals surface area contributed by atoms with E-state index in [-0.39, 0.29) is 6.04 Å². The number of nitrogens with zero attached hydrogens (tertiary/aromatic N) is 3. The van der Waals surface area contributed by atoms with Crippen LogP contribution in [0.1, 0.15) is 34.9 Å². The highest BCUT2D eigenvalue weighted by atomic mass is 16.5. The molecule has 2 heterocycles. The largest absolute Gasteiger partial charge is 0.378 e. The molecule has 144 valence electrons. The molecule has 0 bridgehead atoms. The molecule has 2 N–H and O–H groups in total. The Morgan fingerprint density at radius 1 is 1.14 bits per heavy atom. The zero-order chi connectivity index (χ0) is 19.7. The normalized spacial score (nSPS) is 16.4. The van der Waals surface area contributed by atoms with Gasteiger partial charge in [-0.15, -0.1) is 0 Å². The first-order valence-electron chi connectivity index (χ1n) is 9.46. The monoisotopic (exact) mass is 376 g/mol. The van der Waals surface area contributed by atoms with Crippen molar-refractivity contribution in [2.75, 3.05) is 30.4 Å². The van der Waals surface area contributed by atoms with E-state index in [1.54, 1.807) is 17.6 Å². The third-order valence-electron chi connectivity index (χ3n) is 5.37. The lowest BCUT2D eigenvalue weighted by Gasteiger charge is -2.27. The Labute approximate surface area is 164 Å². The maximum atomic E-state index is 11.5. The van der Waals surface area contributed by atoms with Crippen molar-refractivity contribution < 1.29 is 10.0 Å². The van der Waals surface area contributed by atoms with Gasteiger partial charge in [-0.2, -0.15) is 0 Å². The number of fused-ring (bicyclic) bond motifs is 1. The molecule has 1 atom stereocenters. The third kappa shape index (κ3) is 3.39. The lowest BCUT2D eigenvalue weighted by molar-refractivity contribution is 0.0706. The van der Waals surface area contributed by atoms with Crippen LogP contribution in [0, 0.1) is 0 Å². The summed E-state index contributed by atoms with van der Waals surface area (Å²) in [6.45, 7) is 0.954. The number of hydroxylamine groups is 1. The van der Waals surface area contributed by atoms with E-state index in [0.29, 0.717) is 5.56 Å². The van der Waals surface area contributed by atoms with Crippen LogP contribution >= 0.6 is 0 Å². The molecule has 4 rings (SSSR count). The van der Waals surface area contributed by atoms with Crippen LogP contribution in [0.5, 0.6) is 0 Å². The molecule has 0 saturated carbocycles. The van der Waals surface area contributed by atoms with Gasteiger partial charge in [0.1, 0.15) is 0 Å². The standard InChI is InChI=1S/C22H24N4O2/c1-25(2)18-10-12-19-16(14-18)7-11-20(23-19)21-4-3-13-26(21)17-8-5-15(6-9-17)22(27)24-28/h5-12,14,21,28H,3-4,13H2,1-2H3,(H,24,27). The van der Waals surface area contributed by atoms with Crippen molar-refractivity contribution in [2.24, 2.45) is 0 Å². The summed E-state index contributed by atoms with van der Waals surface area (Å²) >= 11 is 0. The Balaban J connectivity index is 1.62. The number of carbonyl (C=O) groups excluding carboxylic acids is 1. The molecular formula is C22H24N4O2. The van der Waals surface area contributed by atoms with Crippen LogP contribution in [0.25, 0.3) is 10.9 Å². The Hall–Kier alpha value is -3.12. The first-order chi connectivity index (χ1) is 13.6. The van der Waals surface area contributed by atoms with Crippen molar-refractivity contribution in [3.05, 3.63) is 65.9 Å². The Bertz CT molecular complexity index is 1000. The Morgan fingerprint density at radius 3 is 2.64 bits per heavy atom. The van der Waals surface area contributed by atoms with E-state index in [1.165, 1.54) is 0 Å². The van der Waals surface area contributed by atoms with Gasteiger partial charge < -0.3 is 9.80 Å². The quantitative estimate of drug-likeness (QED) is 0.536. The molecule has 6 nitrogen and oxygen atoms in total. The fourth-order valence-electron chi connectivity index (χ4n) is 3.84. The SMILES string of the molecule is CN(C)c1ccc2nc(C3CCCN3c3ccc(C(=O)NO)cc3)ccc2c1. The minimum Gasteiger partial charge on any atom is -0.378 e. The molecule has 1 aliphatic rings. The zero-order valence-corrected chi connectivity index (χ0v) is 16.1. The fraction of sp³-hybridized carbons (Fsp3) is 0.273. The summed E-state index contributed by atoms with van der Waals surface area (Å²) in [6.07, 6.45) is 2.15. The van der Waals surface area contributed by atoms with E-state index in [2.05, 4.69) is 40.1 Å². The van der Waals surface area contributed by atoms with Gasteiger partial charge in [-0.1, -0.05) is 6.07 Å². The summed E-state index contributed by atoms with van der Waals surface area (Å²) in [6, 6.07) is 18.1. The Morgan fingerprint density at radius 2 is 1.93 bits per heavy atom. The highest BCUT2D eigenvalue weighted by molar-refractivity contribution is 5.93. The predicted molar refractivity (Wildman–Crippen MR) is 111 cm³/mol. The molecular weight excluding hydrogens is 352 g/mol. The molecule has 0 spiro atoms. The summed E-state index contributed by atoms with van der Waals surface area (Å²) in [5.74, 6) is -0.502. The van der Waals surface area contributed by atoms with Gasteiger partial charge in [-0.3, -0.25) is 15.0 Å². The highest BCUT2D eigenvalue weighted by Gasteiger charge is 2.27. The van der Waals surface area contributed by atoms with Crippen molar-refractivity contribution in [2.45, 2.75) is 18.9 Å². The number of pyridine rings is 1. The molecule has 0 aliphatic carbocycles. The first kappa shape index (κ1) is 18.3. The number of benzene rings is 2. The van der Waals surface area contributed by atoms with Crippen LogP contribution in [0.3, 0.4) is 0 Å². The summed E-state index contributed by atoms with van der Waals surface area (Å²) in [5.41, 5.74) is 6.39. The van der Waals surface area contributed by atoms with Gasteiger partial charge in [0.05, 0.1) is 17.3 Å². The van der Waals surface area contributed by atoms with Crippen molar-refractivity contribution in [3.63, 3.8) is 0 Å². The maximum Gasteiger partial charge on any atom is 0.274 e. The second kappa shape index (κ2) is 7.48. The van der Waals surface area contributed by atoms with E-state index in [1.807, 2.05) is 26.2 Å². The Kier molecular flexibility index (Phi) is 4.88. The average Bonchev–Trinajstić information content (AvgIpc) is 3.22. The summed E-state index contributed by atoms with van der Waals surface area (Å²) in [7, 11) is 4.07. The molecule has 28 heavy (non-hydrogen) atoms. The topological polar surface area (TPSA) is 68.7 Å². The molecule has 1 fully saturated rings. The minimum atomic E-state index is -0.502. The van der Waals surface area contributed by atoms with E-state index in [9.17, 15) is 4.79 Å². The smallest absolute Gasteiger partial charge is 0.274 e. The van der Waals surface area contributed by atoms with Gasteiger partial charge in [0.2, 0.25) is 0 Å². The molecule has 1 amide bonds. The fourth-order valence-corrected chi connectivity index (χ4v) is 3.84. The number of rotatable bonds is 4. The molecule has 1 saturated heterocycles. The first-order valence-corrected chi connectivity index (χ1v) is 9.46. The van der Waals surface area contributed by atoms with Crippen LogP contribution in [-0.4, -0.2) is 36.7 Å². The molecule has 6 heteroatoms. The number of aromatic nitrogens is 1. The number of hydrogen-bond donors (Lipinski definition) is 2. The van der Waals surface area contributed by atoms with Crippen LogP contribution in [-0.2, 0) is 0 Å². The molecule has 2 aromatic carbocycles.